The first kappa shape index (κ1) is 27.2. The zero-order chi connectivity index (χ0) is 29.4. The average molecular weight is 555 g/mol. The summed E-state index contributed by atoms with van der Waals surface area (Å²) in [6.45, 7) is 7.09. The standard InChI is InChI=1S/C36H34N4O2/c1-5-11-32-37-33-23(2)20-28(35-38-34(24(3)39(35)4)27-12-7-6-8-13-27)21-31(33)40(32)22-25-16-18-26(19-17-25)29-14-9-10-15-30(29)36(41)42/h6-10,12-21H,5,11,22H2,1-4H3,(H,41,42). The minimum Gasteiger partial charge on any atom is -0.478 e. The molecule has 1 N–H and O–H groups in total. The lowest BCUT2D eigenvalue weighted by Crippen LogP contribution is -2.05. The number of hydrogen-bond acceptors (Lipinski definition) is 3. The molecule has 2 aromatic heterocycles. The molecule has 0 radical (unpaired) electrons. The Morgan fingerprint density at radius 3 is 2.26 bits per heavy atom. The molecule has 0 atom stereocenters. The quantitative estimate of drug-likeness (QED) is 0.206. The molecular weight excluding hydrogens is 520 g/mol. The van der Waals surface area contributed by atoms with Gasteiger partial charge in [0, 0.05) is 36.8 Å². The summed E-state index contributed by atoms with van der Waals surface area (Å²) in [4.78, 5) is 21.9. The molecule has 0 aliphatic carbocycles. The van der Waals surface area contributed by atoms with Crippen molar-refractivity contribution in [2.45, 2.75) is 40.2 Å². The fourth-order valence-corrected chi connectivity index (χ4v) is 5.76. The topological polar surface area (TPSA) is 72.9 Å². The number of benzene rings is 4. The van der Waals surface area contributed by atoms with E-state index in [9.17, 15) is 9.90 Å². The molecule has 0 bridgehead atoms. The summed E-state index contributed by atoms with van der Waals surface area (Å²) in [6, 6.07) is 30.1. The van der Waals surface area contributed by atoms with Crippen LogP contribution in [0.15, 0.2) is 91.0 Å². The second-order valence-electron chi connectivity index (χ2n) is 10.9. The van der Waals surface area contributed by atoms with Gasteiger partial charge in [-0.05, 0) is 60.7 Å². The lowest BCUT2D eigenvalue weighted by Gasteiger charge is -2.12. The van der Waals surface area contributed by atoms with Crippen molar-refractivity contribution in [2.24, 2.45) is 7.05 Å². The van der Waals surface area contributed by atoms with E-state index in [2.05, 4.69) is 73.4 Å². The van der Waals surface area contributed by atoms with Crippen LogP contribution < -0.4 is 0 Å². The predicted octanol–water partition coefficient (Wildman–Crippen LogP) is 8.09. The van der Waals surface area contributed by atoms with E-state index < -0.39 is 5.97 Å². The van der Waals surface area contributed by atoms with Crippen LogP contribution in [0.25, 0.3) is 44.8 Å². The van der Waals surface area contributed by atoms with Crippen molar-refractivity contribution >= 4 is 17.0 Å². The van der Waals surface area contributed by atoms with Gasteiger partial charge in [-0.15, -0.1) is 0 Å². The number of aromatic nitrogens is 4. The monoisotopic (exact) mass is 554 g/mol. The summed E-state index contributed by atoms with van der Waals surface area (Å²) >= 11 is 0. The Balaban J connectivity index is 1.41. The largest absolute Gasteiger partial charge is 0.478 e. The summed E-state index contributed by atoms with van der Waals surface area (Å²) in [6.07, 6.45) is 1.88. The Bertz CT molecular complexity index is 1910. The number of rotatable bonds is 8. The normalized spacial score (nSPS) is 11.3. The van der Waals surface area contributed by atoms with Gasteiger partial charge in [0.05, 0.1) is 22.3 Å². The molecule has 0 spiro atoms. The first-order valence-corrected chi connectivity index (χ1v) is 14.4. The molecule has 6 nitrogen and oxygen atoms in total. The number of nitrogens with zero attached hydrogens (tertiary/aromatic N) is 4. The average Bonchev–Trinajstić information content (AvgIpc) is 3.50. The minimum absolute atomic E-state index is 0.305. The Morgan fingerprint density at radius 2 is 1.55 bits per heavy atom. The lowest BCUT2D eigenvalue weighted by atomic mass is 9.98. The third kappa shape index (κ3) is 4.90. The summed E-state index contributed by atoms with van der Waals surface area (Å²) < 4.78 is 4.49. The van der Waals surface area contributed by atoms with Crippen molar-refractivity contribution in [2.75, 3.05) is 0 Å². The van der Waals surface area contributed by atoms with Crippen molar-refractivity contribution in [3.05, 3.63) is 119 Å². The highest BCUT2D eigenvalue weighted by molar-refractivity contribution is 5.96. The van der Waals surface area contributed by atoms with Gasteiger partial charge >= 0.3 is 5.97 Å². The number of imidazole rings is 2. The van der Waals surface area contributed by atoms with Crippen molar-refractivity contribution < 1.29 is 9.90 Å². The van der Waals surface area contributed by atoms with Gasteiger partial charge in [0.1, 0.15) is 11.6 Å². The van der Waals surface area contributed by atoms with Gasteiger partial charge in [-0.2, -0.15) is 0 Å². The van der Waals surface area contributed by atoms with E-state index in [1.54, 1.807) is 12.1 Å². The fourth-order valence-electron chi connectivity index (χ4n) is 5.76. The molecule has 6 heteroatoms. The van der Waals surface area contributed by atoms with Gasteiger partial charge in [0.15, 0.2) is 0 Å². The van der Waals surface area contributed by atoms with Crippen LogP contribution >= 0.6 is 0 Å². The maximum atomic E-state index is 11.8. The van der Waals surface area contributed by atoms with Gasteiger partial charge in [-0.25, -0.2) is 14.8 Å². The van der Waals surface area contributed by atoms with Crippen LogP contribution in [0, 0.1) is 13.8 Å². The molecule has 0 saturated carbocycles. The van der Waals surface area contributed by atoms with Crippen molar-refractivity contribution in [3.8, 4) is 33.8 Å². The number of aromatic carboxylic acids is 1. The fraction of sp³-hybridized carbons (Fsp3) is 0.194. The van der Waals surface area contributed by atoms with Crippen LogP contribution in [-0.2, 0) is 20.0 Å². The first-order chi connectivity index (χ1) is 20.4. The second kappa shape index (κ2) is 11.1. The van der Waals surface area contributed by atoms with Crippen LogP contribution in [0.4, 0.5) is 0 Å². The summed E-state index contributed by atoms with van der Waals surface area (Å²) in [5.74, 6) is 1.07. The van der Waals surface area contributed by atoms with Crippen LogP contribution in [0.3, 0.4) is 0 Å². The summed E-state index contributed by atoms with van der Waals surface area (Å²) in [5, 5.41) is 9.64. The predicted molar refractivity (Wildman–Crippen MR) is 169 cm³/mol. The molecule has 2 heterocycles. The third-order valence-corrected chi connectivity index (χ3v) is 8.05. The maximum Gasteiger partial charge on any atom is 0.336 e. The van der Waals surface area contributed by atoms with Crippen LogP contribution in [0.1, 0.15) is 46.3 Å². The zero-order valence-electron chi connectivity index (χ0n) is 24.4. The Kier molecular flexibility index (Phi) is 7.21. The molecule has 0 aliphatic rings. The molecule has 210 valence electrons. The van der Waals surface area contributed by atoms with Gasteiger partial charge in [0.2, 0.25) is 0 Å². The van der Waals surface area contributed by atoms with Crippen LogP contribution in [0.5, 0.6) is 0 Å². The molecule has 0 unspecified atom stereocenters. The van der Waals surface area contributed by atoms with E-state index in [1.165, 1.54) is 0 Å². The van der Waals surface area contributed by atoms with Crippen molar-refractivity contribution in [3.63, 3.8) is 0 Å². The Hall–Kier alpha value is -4.97. The number of fused-ring (bicyclic) bond motifs is 1. The summed E-state index contributed by atoms with van der Waals surface area (Å²) in [5.41, 5.74) is 10.6. The molecule has 6 rings (SSSR count). The number of carbonyl (C=O) groups is 1. The Morgan fingerprint density at radius 1 is 0.833 bits per heavy atom. The van der Waals surface area contributed by atoms with E-state index in [0.29, 0.717) is 12.1 Å². The van der Waals surface area contributed by atoms with Crippen molar-refractivity contribution in [1.82, 2.24) is 19.1 Å². The van der Waals surface area contributed by atoms with E-state index in [4.69, 9.17) is 9.97 Å². The highest BCUT2D eigenvalue weighted by Gasteiger charge is 2.19. The minimum atomic E-state index is -0.922. The van der Waals surface area contributed by atoms with Gasteiger partial charge < -0.3 is 14.2 Å². The maximum absolute atomic E-state index is 11.8. The zero-order valence-corrected chi connectivity index (χ0v) is 24.4. The molecule has 6 aromatic rings. The van der Waals surface area contributed by atoms with E-state index in [1.807, 2.05) is 42.5 Å². The third-order valence-electron chi connectivity index (χ3n) is 8.05. The summed E-state index contributed by atoms with van der Waals surface area (Å²) in [7, 11) is 2.08. The lowest BCUT2D eigenvalue weighted by molar-refractivity contribution is 0.0697. The molecular formula is C36H34N4O2. The van der Waals surface area contributed by atoms with Gasteiger partial charge in [0.25, 0.3) is 0 Å². The molecule has 4 aromatic carbocycles. The molecule has 0 amide bonds. The number of hydrogen-bond donors (Lipinski definition) is 1. The van der Waals surface area contributed by atoms with Crippen molar-refractivity contribution in [1.29, 1.82) is 0 Å². The van der Waals surface area contributed by atoms with Gasteiger partial charge in [-0.3, -0.25) is 0 Å². The molecule has 0 fully saturated rings. The SMILES string of the molecule is CCCc1nc2c(C)cc(-c3nc(-c4ccccc4)c(C)n3C)cc2n1Cc1ccc(-c2ccccc2C(=O)O)cc1. The van der Waals surface area contributed by atoms with E-state index >= 15 is 0 Å². The first-order valence-electron chi connectivity index (χ1n) is 14.4. The van der Waals surface area contributed by atoms with Crippen LogP contribution in [-0.4, -0.2) is 30.2 Å². The van der Waals surface area contributed by atoms with Crippen LogP contribution in [0.2, 0.25) is 0 Å². The second-order valence-corrected chi connectivity index (χ2v) is 10.9. The smallest absolute Gasteiger partial charge is 0.336 e. The highest BCUT2D eigenvalue weighted by atomic mass is 16.4. The number of aryl methyl sites for hydroxylation is 2. The van der Waals surface area contributed by atoms with E-state index in [0.717, 1.165) is 80.3 Å². The Labute approximate surface area is 245 Å². The highest BCUT2D eigenvalue weighted by Crippen LogP contribution is 2.32. The molecule has 0 saturated heterocycles. The number of carboxylic acids is 1. The number of carboxylic acid groups (broad SMARTS) is 1. The molecule has 42 heavy (non-hydrogen) atoms. The molecule has 0 aliphatic heterocycles. The van der Waals surface area contributed by atoms with Gasteiger partial charge in [-0.1, -0.05) is 79.7 Å². The van der Waals surface area contributed by atoms with E-state index in [-0.39, 0.29) is 0 Å².